The van der Waals surface area contributed by atoms with Crippen LogP contribution in [0.4, 0.5) is 0 Å². The van der Waals surface area contributed by atoms with Crippen LogP contribution in [0.3, 0.4) is 0 Å². The predicted molar refractivity (Wildman–Crippen MR) is 81.8 cm³/mol. The van der Waals surface area contributed by atoms with Crippen LogP contribution in [0.2, 0.25) is 0 Å². The predicted octanol–water partition coefficient (Wildman–Crippen LogP) is -1.02. The number of carbonyl (C=O) groups is 1. The molecule has 10 heteroatoms. The molecule has 1 aliphatic heterocycles. The topological polar surface area (TPSA) is 127 Å². The zero-order valence-electron chi connectivity index (χ0n) is 12.6. The van der Waals surface area contributed by atoms with Gasteiger partial charge in [0.25, 0.3) is 5.91 Å². The normalized spacial score (nSPS) is 24.7. The molecule has 1 saturated carbocycles. The van der Waals surface area contributed by atoms with Crippen LogP contribution in [-0.2, 0) is 24.8 Å². The molecule has 0 bridgehead atoms. The van der Waals surface area contributed by atoms with Gasteiger partial charge >= 0.3 is 10.2 Å². The lowest BCUT2D eigenvalue weighted by atomic mass is 9.96. The first-order chi connectivity index (χ1) is 10.1. The first-order valence-electron chi connectivity index (χ1n) is 7.38. The number of hydrogen-bond donors (Lipinski definition) is 2. The van der Waals surface area contributed by atoms with Gasteiger partial charge in [-0.2, -0.15) is 12.7 Å². The van der Waals surface area contributed by atoms with Crippen molar-refractivity contribution in [2.75, 3.05) is 18.6 Å². The highest BCUT2D eigenvalue weighted by Gasteiger charge is 2.41. The number of nitrogens with one attached hydrogen (secondary N) is 1. The van der Waals surface area contributed by atoms with Crippen LogP contribution in [-0.4, -0.2) is 57.7 Å². The number of hydrogen-bond acceptors (Lipinski definition) is 6. The highest BCUT2D eigenvalue weighted by molar-refractivity contribution is 7.92. The second kappa shape index (κ2) is 6.42. The van der Waals surface area contributed by atoms with Gasteiger partial charge in [0, 0.05) is 19.0 Å². The maximum absolute atomic E-state index is 12.2. The van der Waals surface area contributed by atoms with Crippen LogP contribution < -0.4 is 10.5 Å². The third-order valence-corrected chi connectivity index (χ3v) is 7.83. The molecule has 1 aliphatic carbocycles. The lowest BCUT2D eigenvalue weighted by Gasteiger charge is -2.32. The SMILES string of the molecule is CN(C1CCCCC1)S(=O)(=O)NC(=O)C(N)C1CS(=O)(=O)C1. The van der Waals surface area contributed by atoms with Crippen molar-refractivity contribution >= 4 is 26.0 Å². The Kier molecular flexibility index (Phi) is 5.15. The van der Waals surface area contributed by atoms with E-state index in [-0.39, 0.29) is 17.5 Å². The number of amides is 1. The van der Waals surface area contributed by atoms with Crippen LogP contribution in [0.15, 0.2) is 0 Å². The van der Waals surface area contributed by atoms with E-state index in [9.17, 15) is 21.6 Å². The summed E-state index contributed by atoms with van der Waals surface area (Å²) in [4.78, 5) is 12.0. The fourth-order valence-electron chi connectivity index (χ4n) is 2.93. The monoisotopic (exact) mass is 353 g/mol. The lowest BCUT2D eigenvalue weighted by molar-refractivity contribution is -0.121. The van der Waals surface area contributed by atoms with Crippen LogP contribution in [0.1, 0.15) is 32.1 Å². The molecule has 2 rings (SSSR count). The second-order valence-corrected chi connectivity index (χ2v) is 10.0. The van der Waals surface area contributed by atoms with Crippen LogP contribution >= 0.6 is 0 Å². The van der Waals surface area contributed by atoms with Crippen LogP contribution in [0.5, 0.6) is 0 Å². The fourth-order valence-corrected chi connectivity index (χ4v) is 5.69. The Morgan fingerprint density at radius 2 is 1.77 bits per heavy atom. The van der Waals surface area contributed by atoms with E-state index < -0.39 is 37.9 Å². The smallest absolute Gasteiger partial charge is 0.303 e. The summed E-state index contributed by atoms with van der Waals surface area (Å²) in [6.45, 7) is 0. The molecule has 1 unspecified atom stereocenters. The Hall–Kier alpha value is -0.710. The summed E-state index contributed by atoms with van der Waals surface area (Å²) in [6, 6.07) is -1.24. The van der Waals surface area contributed by atoms with Crippen molar-refractivity contribution in [3.05, 3.63) is 0 Å². The molecule has 22 heavy (non-hydrogen) atoms. The average molecular weight is 353 g/mol. The lowest BCUT2D eigenvalue weighted by Crippen LogP contribution is -2.57. The molecule has 2 aliphatic rings. The minimum Gasteiger partial charge on any atom is -0.320 e. The summed E-state index contributed by atoms with van der Waals surface area (Å²) in [7, 11) is -5.60. The minimum absolute atomic E-state index is 0.112. The van der Waals surface area contributed by atoms with Gasteiger partial charge in [-0.25, -0.2) is 13.1 Å². The second-order valence-electron chi connectivity index (χ2n) is 6.14. The zero-order chi connectivity index (χ0) is 16.5. The Morgan fingerprint density at radius 3 is 2.27 bits per heavy atom. The Balaban J connectivity index is 1.94. The van der Waals surface area contributed by atoms with Crippen molar-refractivity contribution < 1.29 is 21.6 Å². The first kappa shape index (κ1) is 17.6. The maximum Gasteiger partial charge on any atom is 0.303 e. The van der Waals surface area contributed by atoms with E-state index in [1.807, 2.05) is 4.72 Å². The molecule has 1 heterocycles. The van der Waals surface area contributed by atoms with Crippen LogP contribution in [0.25, 0.3) is 0 Å². The Labute approximate surface area is 131 Å². The molecule has 0 aromatic rings. The van der Waals surface area contributed by atoms with E-state index in [0.29, 0.717) is 0 Å². The number of sulfone groups is 1. The molecule has 0 spiro atoms. The maximum atomic E-state index is 12.2. The number of nitrogens with zero attached hydrogens (tertiary/aromatic N) is 1. The molecule has 8 nitrogen and oxygen atoms in total. The minimum atomic E-state index is -3.95. The van der Waals surface area contributed by atoms with E-state index in [4.69, 9.17) is 5.73 Å². The molecular formula is C12H23N3O5S2. The zero-order valence-corrected chi connectivity index (χ0v) is 14.2. The van der Waals surface area contributed by atoms with Gasteiger partial charge < -0.3 is 5.73 Å². The van der Waals surface area contributed by atoms with E-state index in [0.717, 1.165) is 32.1 Å². The van der Waals surface area contributed by atoms with Crippen molar-refractivity contribution in [1.82, 2.24) is 9.03 Å². The molecule has 0 aromatic heterocycles. The molecule has 0 aromatic carbocycles. The van der Waals surface area contributed by atoms with Crippen molar-refractivity contribution in [3.63, 3.8) is 0 Å². The first-order valence-corrected chi connectivity index (χ1v) is 10.6. The van der Waals surface area contributed by atoms with Crippen molar-refractivity contribution in [2.45, 2.75) is 44.2 Å². The van der Waals surface area contributed by atoms with E-state index >= 15 is 0 Å². The molecule has 128 valence electrons. The molecule has 1 saturated heterocycles. The van der Waals surface area contributed by atoms with Gasteiger partial charge in [-0.1, -0.05) is 19.3 Å². The quantitative estimate of drug-likeness (QED) is 0.652. The Morgan fingerprint density at radius 1 is 1.23 bits per heavy atom. The standard InChI is InChI=1S/C12H23N3O5S2/c1-15(10-5-3-2-4-6-10)22(19,20)14-12(16)11(13)9-7-21(17,18)8-9/h9-11H,2-8,13H2,1H3,(H,14,16). The molecular weight excluding hydrogens is 330 g/mol. The molecule has 1 atom stereocenters. The number of carbonyl (C=O) groups excluding carboxylic acids is 1. The Bertz CT molecular complexity index is 613. The van der Waals surface area contributed by atoms with Crippen molar-refractivity contribution in [2.24, 2.45) is 11.7 Å². The van der Waals surface area contributed by atoms with Gasteiger partial charge in [-0.15, -0.1) is 0 Å². The van der Waals surface area contributed by atoms with Gasteiger partial charge in [-0.3, -0.25) is 4.79 Å². The summed E-state index contributed by atoms with van der Waals surface area (Å²) in [5.41, 5.74) is 5.67. The third-order valence-electron chi connectivity index (χ3n) is 4.44. The van der Waals surface area contributed by atoms with Crippen molar-refractivity contribution in [1.29, 1.82) is 0 Å². The van der Waals surface area contributed by atoms with E-state index in [1.54, 1.807) is 0 Å². The molecule has 3 N–H and O–H groups in total. The molecule has 1 amide bonds. The van der Waals surface area contributed by atoms with Gasteiger partial charge in [0.05, 0.1) is 17.5 Å². The van der Waals surface area contributed by atoms with Crippen molar-refractivity contribution in [3.8, 4) is 0 Å². The van der Waals surface area contributed by atoms with Crippen LogP contribution in [0, 0.1) is 5.92 Å². The summed E-state index contributed by atoms with van der Waals surface area (Å²) in [5, 5.41) is 0. The van der Waals surface area contributed by atoms with Gasteiger partial charge in [0.1, 0.15) is 0 Å². The highest BCUT2D eigenvalue weighted by atomic mass is 32.2. The molecule has 2 fully saturated rings. The van der Waals surface area contributed by atoms with Gasteiger partial charge in [-0.05, 0) is 12.8 Å². The molecule has 0 radical (unpaired) electrons. The third kappa shape index (κ3) is 3.98. The fraction of sp³-hybridized carbons (Fsp3) is 0.917. The van der Waals surface area contributed by atoms with E-state index in [2.05, 4.69) is 0 Å². The highest BCUT2D eigenvalue weighted by Crippen LogP contribution is 2.24. The summed E-state index contributed by atoms with van der Waals surface area (Å²) in [5.74, 6) is -1.69. The summed E-state index contributed by atoms with van der Waals surface area (Å²) in [6.07, 6.45) is 4.59. The largest absolute Gasteiger partial charge is 0.320 e. The average Bonchev–Trinajstić information content (AvgIpc) is 2.43. The summed E-state index contributed by atoms with van der Waals surface area (Å²) < 4.78 is 49.8. The van der Waals surface area contributed by atoms with Gasteiger partial charge in [0.2, 0.25) is 0 Å². The number of rotatable bonds is 5. The van der Waals surface area contributed by atoms with E-state index in [1.165, 1.54) is 11.4 Å². The number of nitrogens with two attached hydrogens (primary N) is 1. The summed E-state index contributed by atoms with van der Waals surface area (Å²) >= 11 is 0. The van der Waals surface area contributed by atoms with Gasteiger partial charge in [0.15, 0.2) is 9.84 Å².